The lowest BCUT2D eigenvalue weighted by Crippen LogP contribution is -1.99. The number of rotatable bonds is 1. The first-order valence-electron chi connectivity index (χ1n) is 8.20. The highest BCUT2D eigenvalue weighted by Gasteiger charge is 2.13. The lowest BCUT2D eigenvalue weighted by atomic mass is 10.0. The van der Waals surface area contributed by atoms with Crippen molar-refractivity contribution < 1.29 is 0 Å². The number of nitrogens with zero attached hydrogens (tertiary/aromatic N) is 1. The summed E-state index contributed by atoms with van der Waals surface area (Å²) < 4.78 is 2.32. The summed E-state index contributed by atoms with van der Waals surface area (Å²) in [6, 6.07) is 15.3. The summed E-state index contributed by atoms with van der Waals surface area (Å²) in [7, 11) is 0. The summed E-state index contributed by atoms with van der Waals surface area (Å²) in [6.07, 6.45) is 9.04. The Hall–Kier alpha value is -2.74. The van der Waals surface area contributed by atoms with Crippen molar-refractivity contribution in [3.63, 3.8) is 0 Å². The van der Waals surface area contributed by atoms with E-state index in [9.17, 15) is 0 Å². The Labute approximate surface area is 134 Å². The Morgan fingerprint density at radius 3 is 2.78 bits per heavy atom. The molecule has 1 aliphatic rings. The molecule has 0 atom stereocenters. The molecule has 0 bridgehead atoms. The minimum absolute atomic E-state index is 1.15. The van der Waals surface area contributed by atoms with Gasteiger partial charge in [-0.15, -0.1) is 0 Å². The minimum Gasteiger partial charge on any atom is -0.354 e. The van der Waals surface area contributed by atoms with Crippen molar-refractivity contribution in [3.8, 4) is 0 Å². The molecule has 5 rings (SSSR count). The van der Waals surface area contributed by atoms with Crippen LogP contribution in [0, 0.1) is 0 Å². The molecule has 2 heterocycles. The molecule has 2 aromatic heterocycles. The molecule has 0 spiro atoms. The number of para-hydroxylation sites is 1. The molecule has 4 aromatic rings. The van der Waals surface area contributed by atoms with Gasteiger partial charge in [-0.3, -0.25) is 0 Å². The van der Waals surface area contributed by atoms with Gasteiger partial charge in [-0.2, -0.15) is 0 Å². The second-order valence-electron chi connectivity index (χ2n) is 6.38. The molecule has 0 amide bonds. The maximum Gasteiger partial charge on any atom is 0.0560 e. The number of hydrogen-bond donors (Lipinski definition) is 1. The van der Waals surface area contributed by atoms with Crippen molar-refractivity contribution in [2.75, 3.05) is 0 Å². The van der Waals surface area contributed by atoms with Crippen molar-refractivity contribution in [3.05, 3.63) is 66.4 Å². The summed E-state index contributed by atoms with van der Waals surface area (Å²) in [6.45, 7) is 2.24. The Bertz CT molecular complexity index is 1120. The van der Waals surface area contributed by atoms with E-state index < -0.39 is 0 Å². The average molecular weight is 298 g/mol. The Balaban J connectivity index is 1.85. The van der Waals surface area contributed by atoms with E-state index in [1.165, 1.54) is 44.0 Å². The number of nitrogens with one attached hydrogen (secondary N) is 1. The van der Waals surface area contributed by atoms with Gasteiger partial charge < -0.3 is 9.55 Å². The first-order chi connectivity index (χ1) is 11.3. The summed E-state index contributed by atoms with van der Waals surface area (Å²) >= 11 is 0. The SMILES string of the molecule is CC1=C(n2ccc3c4[nH]c5ccccc5c4ccc32)C=CCC1. The van der Waals surface area contributed by atoms with Crippen LogP contribution in [-0.2, 0) is 0 Å². The van der Waals surface area contributed by atoms with Gasteiger partial charge in [0, 0.05) is 33.6 Å². The van der Waals surface area contributed by atoms with E-state index in [2.05, 4.69) is 77.3 Å². The second-order valence-corrected chi connectivity index (χ2v) is 6.38. The van der Waals surface area contributed by atoms with E-state index in [0.29, 0.717) is 0 Å². The van der Waals surface area contributed by atoms with Crippen molar-refractivity contribution in [2.24, 2.45) is 0 Å². The van der Waals surface area contributed by atoms with E-state index in [4.69, 9.17) is 0 Å². The molecule has 1 N–H and O–H groups in total. The van der Waals surface area contributed by atoms with Crippen LogP contribution in [0.25, 0.3) is 38.4 Å². The Kier molecular flexibility index (Phi) is 2.57. The number of aromatic amines is 1. The molecule has 2 nitrogen and oxygen atoms in total. The summed E-state index contributed by atoms with van der Waals surface area (Å²) in [5.74, 6) is 0. The Morgan fingerprint density at radius 2 is 1.87 bits per heavy atom. The summed E-state index contributed by atoms with van der Waals surface area (Å²) in [5.41, 5.74) is 6.49. The van der Waals surface area contributed by atoms with Crippen molar-refractivity contribution >= 4 is 38.4 Å². The number of allylic oxidation sites excluding steroid dienone is 4. The van der Waals surface area contributed by atoms with E-state index in [1.54, 1.807) is 0 Å². The monoisotopic (exact) mass is 298 g/mol. The molecule has 1 aliphatic carbocycles. The zero-order chi connectivity index (χ0) is 15.4. The molecule has 0 saturated carbocycles. The standard InChI is InChI=1S/C21H18N2/c1-14-6-2-5-9-19(14)23-13-12-17-20(23)11-10-16-15-7-3-4-8-18(15)22-21(16)17/h3-5,7-13,22H,2,6H2,1H3. The topological polar surface area (TPSA) is 20.7 Å². The van der Waals surface area contributed by atoms with E-state index >= 15 is 0 Å². The van der Waals surface area contributed by atoms with Crippen molar-refractivity contribution in [1.82, 2.24) is 9.55 Å². The van der Waals surface area contributed by atoms with Gasteiger partial charge >= 0.3 is 0 Å². The number of fused-ring (bicyclic) bond motifs is 5. The average Bonchev–Trinajstić information content (AvgIpc) is 3.16. The van der Waals surface area contributed by atoms with Crippen LogP contribution in [0.15, 0.2) is 66.4 Å². The summed E-state index contributed by atoms with van der Waals surface area (Å²) in [5, 5.41) is 3.89. The van der Waals surface area contributed by atoms with Crippen LogP contribution in [-0.4, -0.2) is 9.55 Å². The zero-order valence-corrected chi connectivity index (χ0v) is 13.1. The van der Waals surface area contributed by atoms with Crippen LogP contribution < -0.4 is 0 Å². The fraction of sp³-hybridized carbons (Fsp3) is 0.143. The third-order valence-electron chi connectivity index (χ3n) is 5.01. The predicted octanol–water partition coefficient (Wildman–Crippen LogP) is 5.86. The first kappa shape index (κ1) is 12.8. The van der Waals surface area contributed by atoms with Crippen LogP contribution >= 0.6 is 0 Å². The third kappa shape index (κ3) is 1.75. The van der Waals surface area contributed by atoms with Gasteiger partial charge in [-0.1, -0.05) is 30.3 Å². The third-order valence-corrected chi connectivity index (χ3v) is 5.01. The van der Waals surface area contributed by atoms with Gasteiger partial charge in [0.05, 0.1) is 11.0 Å². The van der Waals surface area contributed by atoms with Crippen LogP contribution in [0.1, 0.15) is 19.8 Å². The van der Waals surface area contributed by atoms with Crippen LogP contribution in [0.4, 0.5) is 0 Å². The van der Waals surface area contributed by atoms with Gasteiger partial charge in [0.2, 0.25) is 0 Å². The van der Waals surface area contributed by atoms with Gasteiger partial charge in [0.1, 0.15) is 0 Å². The van der Waals surface area contributed by atoms with Gasteiger partial charge in [-0.05, 0) is 49.6 Å². The predicted molar refractivity (Wildman–Crippen MR) is 98.6 cm³/mol. The highest BCUT2D eigenvalue weighted by Crippen LogP contribution is 2.34. The highest BCUT2D eigenvalue weighted by atomic mass is 15.0. The van der Waals surface area contributed by atoms with Gasteiger partial charge in [0.25, 0.3) is 0 Å². The molecule has 0 unspecified atom stereocenters. The minimum atomic E-state index is 1.15. The van der Waals surface area contributed by atoms with Crippen molar-refractivity contribution in [1.29, 1.82) is 0 Å². The fourth-order valence-corrected chi connectivity index (χ4v) is 3.80. The van der Waals surface area contributed by atoms with Gasteiger partial charge in [0.15, 0.2) is 0 Å². The molecule has 2 aromatic carbocycles. The summed E-state index contributed by atoms with van der Waals surface area (Å²) in [4.78, 5) is 3.60. The maximum atomic E-state index is 3.60. The number of aromatic nitrogens is 2. The smallest absolute Gasteiger partial charge is 0.0560 e. The molecule has 23 heavy (non-hydrogen) atoms. The number of hydrogen-bond acceptors (Lipinski definition) is 0. The molecule has 2 heteroatoms. The molecule has 0 saturated heterocycles. The largest absolute Gasteiger partial charge is 0.354 e. The molecule has 0 radical (unpaired) electrons. The fourth-order valence-electron chi connectivity index (χ4n) is 3.80. The molecular formula is C21H18N2. The Morgan fingerprint density at radius 1 is 0.957 bits per heavy atom. The van der Waals surface area contributed by atoms with E-state index in [-0.39, 0.29) is 0 Å². The number of benzene rings is 2. The quantitative estimate of drug-likeness (QED) is 0.454. The molecule has 0 aliphatic heterocycles. The number of H-pyrrole nitrogens is 1. The lowest BCUT2D eigenvalue weighted by Gasteiger charge is -2.15. The normalized spacial score (nSPS) is 15.3. The maximum absolute atomic E-state index is 3.60. The second kappa shape index (κ2) is 4.63. The van der Waals surface area contributed by atoms with Crippen molar-refractivity contribution in [2.45, 2.75) is 19.8 Å². The van der Waals surface area contributed by atoms with Crippen LogP contribution in [0.5, 0.6) is 0 Å². The lowest BCUT2D eigenvalue weighted by molar-refractivity contribution is 0.942. The molecular weight excluding hydrogens is 280 g/mol. The van der Waals surface area contributed by atoms with E-state index in [0.717, 1.165) is 12.8 Å². The van der Waals surface area contributed by atoms with Crippen LogP contribution in [0.2, 0.25) is 0 Å². The van der Waals surface area contributed by atoms with Gasteiger partial charge in [-0.25, -0.2) is 0 Å². The molecule has 0 fully saturated rings. The van der Waals surface area contributed by atoms with E-state index in [1.807, 2.05) is 0 Å². The highest BCUT2D eigenvalue weighted by molar-refractivity contribution is 6.16. The molecule has 112 valence electrons. The van der Waals surface area contributed by atoms with Crippen LogP contribution in [0.3, 0.4) is 0 Å². The zero-order valence-electron chi connectivity index (χ0n) is 13.1. The first-order valence-corrected chi connectivity index (χ1v) is 8.20.